The maximum absolute atomic E-state index is 13.1. The minimum Gasteiger partial charge on any atom is -0.338 e. The molecule has 1 aliphatic carbocycles. The van der Waals surface area contributed by atoms with Gasteiger partial charge in [-0.2, -0.15) is 18.3 Å². The van der Waals surface area contributed by atoms with Gasteiger partial charge in [0.15, 0.2) is 0 Å². The van der Waals surface area contributed by atoms with Gasteiger partial charge in [0, 0.05) is 31.8 Å². The van der Waals surface area contributed by atoms with Crippen molar-refractivity contribution in [3.63, 3.8) is 0 Å². The lowest BCUT2D eigenvalue weighted by Gasteiger charge is -2.26. The minimum atomic E-state index is -4.45. The van der Waals surface area contributed by atoms with Crippen LogP contribution in [-0.4, -0.2) is 39.5 Å². The first-order chi connectivity index (χ1) is 13.3. The second-order valence-corrected chi connectivity index (χ2v) is 7.41. The van der Waals surface area contributed by atoms with Gasteiger partial charge in [0.25, 0.3) is 5.91 Å². The van der Waals surface area contributed by atoms with Crippen molar-refractivity contribution >= 4 is 11.7 Å². The Labute approximate surface area is 160 Å². The molecule has 0 radical (unpaired) electrons. The topological polar surface area (TPSA) is 55.2 Å². The molecule has 0 unspecified atom stereocenters. The van der Waals surface area contributed by atoms with Crippen LogP contribution < -0.4 is 0 Å². The Morgan fingerprint density at radius 2 is 1.86 bits per heavy atom. The van der Waals surface area contributed by atoms with E-state index in [2.05, 4.69) is 5.10 Å². The van der Waals surface area contributed by atoms with E-state index < -0.39 is 11.7 Å². The Balaban J connectivity index is 1.76. The highest BCUT2D eigenvalue weighted by Gasteiger charge is 2.37. The fourth-order valence-corrected chi connectivity index (χ4v) is 3.67. The highest BCUT2D eigenvalue weighted by atomic mass is 19.4. The molecule has 5 nitrogen and oxygen atoms in total. The molecule has 2 aliphatic rings. The number of hydrogen-bond donors (Lipinski definition) is 0. The molecule has 1 aromatic carbocycles. The van der Waals surface area contributed by atoms with Gasteiger partial charge in [-0.15, -0.1) is 0 Å². The van der Waals surface area contributed by atoms with Gasteiger partial charge in [-0.3, -0.25) is 9.59 Å². The number of amides is 1. The summed E-state index contributed by atoms with van der Waals surface area (Å²) in [5, 5.41) is 4.43. The largest absolute Gasteiger partial charge is 0.416 e. The van der Waals surface area contributed by atoms with E-state index in [1.165, 1.54) is 10.7 Å². The average Bonchev–Trinajstić information content (AvgIpc) is 3.43. The van der Waals surface area contributed by atoms with Gasteiger partial charge < -0.3 is 4.90 Å². The van der Waals surface area contributed by atoms with Crippen molar-refractivity contribution in [3.8, 4) is 5.69 Å². The van der Waals surface area contributed by atoms with Crippen LogP contribution in [-0.2, 0) is 11.0 Å². The Morgan fingerprint density at radius 1 is 1.18 bits per heavy atom. The number of Topliss-reactive ketones (excluding diaryl/α,β-unsaturated/α-hetero) is 1. The van der Waals surface area contributed by atoms with Crippen LogP contribution >= 0.6 is 0 Å². The van der Waals surface area contributed by atoms with Crippen molar-refractivity contribution in [2.75, 3.05) is 13.1 Å². The molecule has 0 atom stereocenters. The van der Waals surface area contributed by atoms with Crippen molar-refractivity contribution in [2.45, 2.75) is 44.7 Å². The van der Waals surface area contributed by atoms with Crippen LogP contribution in [0.25, 0.3) is 5.69 Å². The number of alkyl halides is 3. The van der Waals surface area contributed by atoms with E-state index in [0.29, 0.717) is 48.6 Å². The summed E-state index contributed by atoms with van der Waals surface area (Å²) in [5.41, 5.74) is 1.20. The Morgan fingerprint density at radius 3 is 2.46 bits per heavy atom. The van der Waals surface area contributed by atoms with Gasteiger partial charge in [-0.1, -0.05) is 6.07 Å². The van der Waals surface area contributed by atoms with Gasteiger partial charge in [-0.05, 0) is 38.0 Å². The maximum atomic E-state index is 13.1. The van der Waals surface area contributed by atoms with Gasteiger partial charge in [0.2, 0.25) is 0 Å². The number of halogens is 3. The molecule has 2 fully saturated rings. The first-order valence-electron chi connectivity index (χ1n) is 9.34. The Hall–Kier alpha value is -2.64. The summed E-state index contributed by atoms with van der Waals surface area (Å²) in [5.74, 6) is 0.0640. The summed E-state index contributed by atoms with van der Waals surface area (Å²) in [6, 6.07) is 5.00. The van der Waals surface area contributed by atoms with Gasteiger partial charge in [-0.25, -0.2) is 4.68 Å². The van der Waals surface area contributed by atoms with Crippen molar-refractivity contribution in [1.82, 2.24) is 14.7 Å². The van der Waals surface area contributed by atoms with E-state index in [4.69, 9.17) is 0 Å². The van der Waals surface area contributed by atoms with Crippen LogP contribution in [0.15, 0.2) is 24.3 Å². The van der Waals surface area contributed by atoms with E-state index in [9.17, 15) is 22.8 Å². The molecular weight excluding hydrogens is 371 g/mol. The standard InChI is InChI=1S/C20H20F3N3O2/c1-12-17(19(28)25-9-7-16(27)8-10-25)18(13-5-6-13)26(24-12)15-4-2-3-14(11-15)20(21,22)23/h2-4,11,13H,5-10H2,1H3. The van der Waals surface area contributed by atoms with Crippen molar-refractivity contribution in [3.05, 3.63) is 46.8 Å². The molecule has 1 saturated carbocycles. The van der Waals surface area contributed by atoms with Crippen LogP contribution in [0.3, 0.4) is 0 Å². The number of carbonyl (C=O) groups is 2. The highest BCUT2D eigenvalue weighted by Crippen LogP contribution is 2.44. The molecule has 1 saturated heterocycles. The van der Waals surface area contributed by atoms with E-state index in [-0.39, 0.29) is 17.6 Å². The molecule has 0 spiro atoms. The molecule has 8 heteroatoms. The number of likely N-dealkylation sites (tertiary alicyclic amines) is 1. The summed E-state index contributed by atoms with van der Waals surface area (Å²) in [6.45, 7) is 2.45. The zero-order valence-corrected chi connectivity index (χ0v) is 15.4. The van der Waals surface area contributed by atoms with E-state index in [0.717, 1.165) is 25.0 Å². The lowest BCUT2D eigenvalue weighted by Crippen LogP contribution is -2.39. The molecule has 148 valence electrons. The lowest BCUT2D eigenvalue weighted by molar-refractivity contribution is -0.137. The number of piperidine rings is 1. The van der Waals surface area contributed by atoms with E-state index >= 15 is 0 Å². The zero-order chi connectivity index (χ0) is 20.1. The lowest BCUT2D eigenvalue weighted by atomic mass is 10.0. The van der Waals surface area contributed by atoms with Gasteiger partial charge in [0.05, 0.1) is 28.2 Å². The molecule has 0 bridgehead atoms. The average molecular weight is 391 g/mol. The summed E-state index contributed by atoms with van der Waals surface area (Å²) in [7, 11) is 0. The van der Waals surface area contributed by atoms with Crippen LogP contribution in [0.1, 0.15) is 58.9 Å². The van der Waals surface area contributed by atoms with Gasteiger partial charge >= 0.3 is 6.18 Å². The number of ketones is 1. The second kappa shape index (κ2) is 6.76. The monoisotopic (exact) mass is 391 g/mol. The summed E-state index contributed by atoms with van der Waals surface area (Å²) in [6.07, 6.45) is -2.01. The number of benzene rings is 1. The van der Waals surface area contributed by atoms with E-state index in [1.807, 2.05) is 0 Å². The number of carbonyl (C=O) groups excluding carboxylic acids is 2. The molecule has 1 amide bonds. The number of nitrogens with zero attached hydrogens (tertiary/aromatic N) is 3. The third-order valence-corrected chi connectivity index (χ3v) is 5.30. The van der Waals surface area contributed by atoms with E-state index in [1.54, 1.807) is 17.9 Å². The molecule has 1 aliphatic heterocycles. The van der Waals surface area contributed by atoms with Crippen molar-refractivity contribution in [1.29, 1.82) is 0 Å². The Bertz CT molecular complexity index is 935. The van der Waals surface area contributed by atoms with Crippen molar-refractivity contribution in [2.24, 2.45) is 0 Å². The minimum absolute atomic E-state index is 0.112. The SMILES string of the molecule is Cc1nn(-c2cccc(C(F)(F)F)c2)c(C2CC2)c1C(=O)N1CCC(=O)CC1. The maximum Gasteiger partial charge on any atom is 0.416 e. The third-order valence-electron chi connectivity index (χ3n) is 5.30. The quantitative estimate of drug-likeness (QED) is 0.798. The normalized spacial score (nSPS) is 17.9. The van der Waals surface area contributed by atoms with Crippen LogP contribution in [0.4, 0.5) is 13.2 Å². The summed E-state index contributed by atoms with van der Waals surface area (Å²) >= 11 is 0. The summed E-state index contributed by atoms with van der Waals surface area (Å²) < 4.78 is 40.9. The molecule has 0 N–H and O–H groups in total. The molecule has 2 aromatic rings. The molecule has 28 heavy (non-hydrogen) atoms. The Kier molecular flexibility index (Phi) is 4.51. The molecule has 1 aromatic heterocycles. The van der Waals surface area contributed by atoms with Crippen molar-refractivity contribution < 1.29 is 22.8 Å². The smallest absolute Gasteiger partial charge is 0.338 e. The number of aromatic nitrogens is 2. The number of hydrogen-bond acceptors (Lipinski definition) is 3. The highest BCUT2D eigenvalue weighted by molar-refractivity contribution is 5.98. The first-order valence-corrected chi connectivity index (χ1v) is 9.34. The fraction of sp³-hybridized carbons (Fsp3) is 0.450. The third kappa shape index (κ3) is 3.43. The molecule has 4 rings (SSSR count). The fourth-order valence-electron chi connectivity index (χ4n) is 3.67. The first kappa shape index (κ1) is 18.7. The predicted molar refractivity (Wildman–Crippen MR) is 95.4 cm³/mol. The van der Waals surface area contributed by atoms with Gasteiger partial charge in [0.1, 0.15) is 5.78 Å². The predicted octanol–water partition coefficient (Wildman–Crippen LogP) is 3.88. The number of aryl methyl sites for hydroxylation is 1. The second-order valence-electron chi connectivity index (χ2n) is 7.41. The van der Waals surface area contributed by atoms with Crippen LogP contribution in [0.5, 0.6) is 0 Å². The summed E-state index contributed by atoms with van der Waals surface area (Å²) in [4.78, 5) is 26.3. The number of rotatable bonds is 3. The zero-order valence-electron chi connectivity index (χ0n) is 15.4. The van der Waals surface area contributed by atoms with Crippen LogP contribution in [0, 0.1) is 6.92 Å². The van der Waals surface area contributed by atoms with Crippen LogP contribution in [0.2, 0.25) is 0 Å². The molecule has 2 heterocycles. The molecular formula is C20H20F3N3O2.